The molecule has 1 heterocycles. The smallest absolute Gasteiger partial charge is 0.239 e. The molecular formula is C17H26N2O3. The van der Waals surface area contributed by atoms with E-state index in [1.54, 1.807) is 7.11 Å². The highest BCUT2D eigenvalue weighted by Crippen LogP contribution is 2.25. The van der Waals surface area contributed by atoms with Crippen molar-refractivity contribution in [2.45, 2.75) is 38.3 Å². The van der Waals surface area contributed by atoms with E-state index in [1.807, 2.05) is 29.2 Å². The molecule has 1 fully saturated rings. The highest BCUT2D eigenvalue weighted by atomic mass is 16.5. The zero-order valence-electron chi connectivity index (χ0n) is 13.5. The second kappa shape index (κ2) is 8.15. The van der Waals surface area contributed by atoms with Gasteiger partial charge in [-0.15, -0.1) is 0 Å². The number of benzene rings is 1. The molecule has 1 saturated heterocycles. The predicted molar refractivity (Wildman–Crippen MR) is 85.8 cm³/mol. The monoisotopic (exact) mass is 306 g/mol. The number of hydrogen-bond acceptors (Lipinski definition) is 4. The molecule has 5 nitrogen and oxygen atoms in total. The second-order valence-electron chi connectivity index (χ2n) is 5.67. The van der Waals surface area contributed by atoms with Crippen LogP contribution in [0.4, 0.5) is 0 Å². The average molecular weight is 306 g/mol. The topological polar surface area (TPSA) is 64.8 Å². The molecule has 0 radical (unpaired) electrons. The normalized spacial score (nSPS) is 19.8. The number of morpholine rings is 1. The van der Waals surface area contributed by atoms with Crippen LogP contribution in [0.3, 0.4) is 0 Å². The van der Waals surface area contributed by atoms with Crippen LogP contribution in [0.1, 0.15) is 37.9 Å². The van der Waals surface area contributed by atoms with Crippen molar-refractivity contribution in [1.29, 1.82) is 0 Å². The van der Waals surface area contributed by atoms with Crippen molar-refractivity contribution in [2.75, 3.05) is 26.8 Å². The Kier molecular flexibility index (Phi) is 6.21. The summed E-state index contributed by atoms with van der Waals surface area (Å²) in [5.74, 6) is 0.828. The largest absolute Gasteiger partial charge is 0.497 e. The van der Waals surface area contributed by atoms with Gasteiger partial charge < -0.3 is 20.1 Å². The molecule has 0 spiro atoms. The minimum atomic E-state index is -0.399. The molecule has 2 atom stereocenters. The summed E-state index contributed by atoms with van der Waals surface area (Å²) < 4.78 is 11.1. The quantitative estimate of drug-likeness (QED) is 0.874. The van der Waals surface area contributed by atoms with E-state index >= 15 is 0 Å². The molecule has 5 heteroatoms. The van der Waals surface area contributed by atoms with Crippen molar-refractivity contribution < 1.29 is 14.3 Å². The Balaban J connectivity index is 2.00. The molecule has 2 N–H and O–H groups in total. The number of nitrogens with zero attached hydrogens (tertiary/aromatic N) is 1. The second-order valence-corrected chi connectivity index (χ2v) is 5.67. The fraction of sp³-hybridized carbons (Fsp3) is 0.588. The van der Waals surface area contributed by atoms with Crippen LogP contribution in [0, 0.1) is 0 Å². The van der Waals surface area contributed by atoms with Gasteiger partial charge in [0, 0.05) is 6.54 Å². The maximum Gasteiger partial charge on any atom is 0.239 e. The van der Waals surface area contributed by atoms with Gasteiger partial charge in [-0.05, 0) is 24.1 Å². The van der Waals surface area contributed by atoms with Crippen molar-refractivity contribution in [3.05, 3.63) is 29.8 Å². The molecule has 22 heavy (non-hydrogen) atoms. The van der Waals surface area contributed by atoms with Crippen molar-refractivity contribution in [2.24, 2.45) is 5.73 Å². The first-order valence-corrected chi connectivity index (χ1v) is 7.95. The lowest BCUT2D eigenvalue weighted by molar-refractivity contribution is -0.140. The van der Waals surface area contributed by atoms with Gasteiger partial charge in [-0.3, -0.25) is 4.79 Å². The Morgan fingerprint density at radius 2 is 2.36 bits per heavy atom. The summed E-state index contributed by atoms with van der Waals surface area (Å²) >= 11 is 0. The molecule has 0 saturated carbocycles. The van der Waals surface area contributed by atoms with Crippen LogP contribution in [0.25, 0.3) is 0 Å². The van der Waals surface area contributed by atoms with Gasteiger partial charge in [0.15, 0.2) is 0 Å². The van der Waals surface area contributed by atoms with E-state index in [0.717, 1.165) is 30.6 Å². The standard InChI is InChI=1S/C17H26N2O3/c1-3-4-8-15(18)17(20)19-9-10-22-16(12-19)13-6-5-7-14(11-13)21-2/h5-7,11,15-16H,3-4,8-10,12,18H2,1-2H3/t15-,16-/m1/s1. The van der Waals surface area contributed by atoms with Crippen LogP contribution in [0.2, 0.25) is 0 Å². The molecule has 1 aliphatic rings. The highest BCUT2D eigenvalue weighted by molar-refractivity contribution is 5.81. The number of hydrogen-bond donors (Lipinski definition) is 1. The fourth-order valence-corrected chi connectivity index (χ4v) is 2.67. The molecule has 1 aliphatic heterocycles. The molecule has 1 aromatic carbocycles. The van der Waals surface area contributed by atoms with E-state index < -0.39 is 6.04 Å². The Hall–Kier alpha value is -1.59. The third-order valence-electron chi connectivity index (χ3n) is 4.03. The number of nitrogens with two attached hydrogens (primary N) is 1. The molecule has 0 aromatic heterocycles. The van der Waals surface area contributed by atoms with Gasteiger partial charge in [0.1, 0.15) is 11.9 Å². The van der Waals surface area contributed by atoms with E-state index in [-0.39, 0.29) is 12.0 Å². The van der Waals surface area contributed by atoms with Crippen molar-refractivity contribution in [3.63, 3.8) is 0 Å². The summed E-state index contributed by atoms with van der Waals surface area (Å²) in [4.78, 5) is 14.3. The first-order valence-electron chi connectivity index (χ1n) is 7.95. The van der Waals surface area contributed by atoms with Crippen LogP contribution in [-0.2, 0) is 9.53 Å². The Morgan fingerprint density at radius 1 is 1.55 bits per heavy atom. The maximum absolute atomic E-state index is 12.4. The number of carbonyl (C=O) groups is 1. The minimum Gasteiger partial charge on any atom is -0.497 e. The number of carbonyl (C=O) groups excluding carboxylic acids is 1. The van der Waals surface area contributed by atoms with Crippen LogP contribution in [0.15, 0.2) is 24.3 Å². The Morgan fingerprint density at radius 3 is 3.09 bits per heavy atom. The molecule has 2 rings (SSSR count). The molecule has 1 amide bonds. The molecule has 0 unspecified atom stereocenters. The van der Waals surface area contributed by atoms with E-state index in [4.69, 9.17) is 15.2 Å². The van der Waals surface area contributed by atoms with Crippen molar-refractivity contribution in [3.8, 4) is 5.75 Å². The Labute approximate surface area is 132 Å². The van der Waals surface area contributed by atoms with Crippen LogP contribution >= 0.6 is 0 Å². The van der Waals surface area contributed by atoms with Gasteiger partial charge in [0.05, 0.1) is 26.3 Å². The van der Waals surface area contributed by atoms with Gasteiger partial charge in [0.25, 0.3) is 0 Å². The van der Waals surface area contributed by atoms with Gasteiger partial charge in [-0.1, -0.05) is 31.9 Å². The van der Waals surface area contributed by atoms with E-state index in [2.05, 4.69) is 6.92 Å². The summed E-state index contributed by atoms with van der Waals surface area (Å²) in [7, 11) is 1.64. The fourth-order valence-electron chi connectivity index (χ4n) is 2.67. The van der Waals surface area contributed by atoms with Crippen LogP contribution in [0.5, 0.6) is 5.75 Å². The van der Waals surface area contributed by atoms with Crippen LogP contribution in [-0.4, -0.2) is 43.7 Å². The van der Waals surface area contributed by atoms with E-state index in [9.17, 15) is 4.79 Å². The first-order chi connectivity index (χ1) is 10.7. The lowest BCUT2D eigenvalue weighted by Crippen LogP contribution is -2.49. The number of rotatable bonds is 6. The molecule has 1 aromatic rings. The van der Waals surface area contributed by atoms with Gasteiger partial charge >= 0.3 is 0 Å². The molecular weight excluding hydrogens is 280 g/mol. The summed E-state index contributed by atoms with van der Waals surface area (Å²) in [5.41, 5.74) is 7.04. The minimum absolute atomic E-state index is 0.0321. The van der Waals surface area contributed by atoms with E-state index in [1.165, 1.54) is 0 Å². The zero-order valence-corrected chi connectivity index (χ0v) is 13.5. The number of methoxy groups -OCH3 is 1. The Bertz CT molecular complexity index is 493. The SMILES string of the molecule is CCCC[C@@H](N)C(=O)N1CCO[C@@H](c2cccc(OC)c2)C1. The maximum atomic E-state index is 12.4. The number of unbranched alkanes of at least 4 members (excludes halogenated alkanes) is 1. The molecule has 0 bridgehead atoms. The number of amides is 1. The average Bonchev–Trinajstić information content (AvgIpc) is 2.59. The summed E-state index contributed by atoms with van der Waals surface area (Å²) in [6.45, 7) is 3.80. The van der Waals surface area contributed by atoms with Gasteiger partial charge in [0.2, 0.25) is 5.91 Å². The predicted octanol–water partition coefficient (Wildman–Crippen LogP) is 2.11. The third-order valence-corrected chi connectivity index (χ3v) is 4.03. The third kappa shape index (κ3) is 4.21. The lowest BCUT2D eigenvalue weighted by Gasteiger charge is -2.34. The summed E-state index contributed by atoms with van der Waals surface area (Å²) in [6.07, 6.45) is 2.66. The zero-order chi connectivity index (χ0) is 15.9. The first kappa shape index (κ1) is 16.8. The molecule has 0 aliphatic carbocycles. The summed E-state index contributed by atoms with van der Waals surface area (Å²) in [6, 6.07) is 7.39. The van der Waals surface area contributed by atoms with Gasteiger partial charge in [-0.25, -0.2) is 0 Å². The van der Waals surface area contributed by atoms with Crippen molar-refractivity contribution in [1.82, 2.24) is 4.90 Å². The van der Waals surface area contributed by atoms with E-state index in [0.29, 0.717) is 19.7 Å². The number of ether oxygens (including phenoxy) is 2. The summed E-state index contributed by atoms with van der Waals surface area (Å²) in [5, 5.41) is 0. The van der Waals surface area contributed by atoms with Gasteiger partial charge in [-0.2, -0.15) is 0 Å². The highest BCUT2D eigenvalue weighted by Gasteiger charge is 2.28. The van der Waals surface area contributed by atoms with Crippen LogP contribution < -0.4 is 10.5 Å². The van der Waals surface area contributed by atoms with Crippen molar-refractivity contribution >= 4 is 5.91 Å². The lowest BCUT2D eigenvalue weighted by atomic mass is 10.1. The molecule has 122 valence electrons.